The van der Waals surface area contributed by atoms with Crippen molar-refractivity contribution in [2.45, 2.75) is 49.9 Å². The largest absolute Gasteiger partial charge is 0.377 e. The van der Waals surface area contributed by atoms with Gasteiger partial charge < -0.3 is 39.7 Å². The van der Waals surface area contributed by atoms with Crippen molar-refractivity contribution in [1.82, 2.24) is 14.9 Å². The second-order valence-electron chi connectivity index (χ2n) is 13.2. The number of aromatic nitrogens is 2. The average molecular weight is 645 g/mol. The lowest BCUT2D eigenvalue weighted by atomic mass is 10.1. The first-order valence-corrected chi connectivity index (χ1v) is 16.9. The molecule has 5 fully saturated rings. The minimum absolute atomic E-state index is 0.265. The molecule has 0 saturated carbocycles. The molecular weight excluding hydrogens is 604 g/mol. The third kappa shape index (κ3) is 5.74. The fourth-order valence-corrected chi connectivity index (χ4v) is 7.94. The number of rotatable bonds is 6. The van der Waals surface area contributed by atoms with Crippen LogP contribution < -0.4 is 25.3 Å². The first-order valence-electron chi connectivity index (χ1n) is 16.5. The molecule has 4 unspecified atom stereocenters. The first-order chi connectivity index (χ1) is 22.5. The number of amides is 2. The van der Waals surface area contributed by atoms with E-state index in [-0.39, 0.29) is 30.2 Å². The summed E-state index contributed by atoms with van der Waals surface area (Å²) in [6.07, 6.45) is 4.28. The molecule has 0 spiro atoms. The van der Waals surface area contributed by atoms with Crippen molar-refractivity contribution >= 4 is 46.3 Å². The minimum atomic E-state index is -0.294. The Kier molecular flexibility index (Phi) is 8.09. The van der Waals surface area contributed by atoms with Gasteiger partial charge in [0, 0.05) is 48.8 Å². The van der Waals surface area contributed by atoms with Gasteiger partial charge >= 0.3 is 6.03 Å². The third-order valence-corrected chi connectivity index (χ3v) is 10.5. The molecule has 5 saturated heterocycles. The molecule has 4 atom stereocenters. The number of ether oxygens (including phenoxy) is 2. The monoisotopic (exact) mass is 644 g/mol. The van der Waals surface area contributed by atoms with Crippen LogP contribution in [0, 0.1) is 0 Å². The van der Waals surface area contributed by atoms with E-state index >= 15 is 0 Å². The van der Waals surface area contributed by atoms with E-state index in [0.29, 0.717) is 43.0 Å². The molecule has 8 rings (SSSR count). The first kappa shape index (κ1) is 29.7. The number of halogens is 1. The van der Waals surface area contributed by atoms with E-state index in [1.165, 1.54) is 5.69 Å². The van der Waals surface area contributed by atoms with Crippen LogP contribution in [0.2, 0.25) is 5.02 Å². The Hall–Kier alpha value is -3.64. The predicted octanol–water partition coefficient (Wildman–Crippen LogP) is 4.93. The Morgan fingerprint density at radius 3 is 1.65 bits per heavy atom. The van der Waals surface area contributed by atoms with Crippen LogP contribution in [0.1, 0.15) is 25.7 Å². The normalized spacial score (nSPS) is 26.0. The van der Waals surface area contributed by atoms with Crippen LogP contribution in [-0.2, 0) is 9.47 Å². The SMILES string of the molecule is CN1CCN(c2ccc(NC(=O)Nc3ccc(-c4nc(N5C6CCC5COC6)c(Cl)c(N5C6CCC5COC6)n4)cc3)cc2)CC1. The molecule has 2 amide bonds. The molecule has 11 nitrogen and oxygen atoms in total. The van der Waals surface area contributed by atoms with Crippen LogP contribution in [0.15, 0.2) is 48.5 Å². The van der Waals surface area contributed by atoms with Gasteiger partial charge in [-0.25, -0.2) is 14.8 Å². The molecule has 12 heteroatoms. The molecule has 5 aliphatic rings. The van der Waals surface area contributed by atoms with Crippen molar-refractivity contribution in [3.8, 4) is 11.4 Å². The standard InChI is InChI=1S/C34H41ClN8O3/c1-40-14-16-41(17-15-40)25-8-6-24(7-9-25)37-34(44)36-23-4-2-22(3-5-23)31-38-32(42-26-10-11-27(42)19-45-18-26)30(35)33(39-31)43-28-12-13-29(43)21-46-20-28/h2-9,26-29H,10-21H2,1H3,(H2,36,37,44). The molecule has 1 aromatic heterocycles. The highest BCUT2D eigenvalue weighted by Gasteiger charge is 2.43. The number of carbonyl (C=O) groups excluding carboxylic acids is 1. The molecule has 242 valence electrons. The van der Waals surface area contributed by atoms with Crippen LogP contribution in [0.5, 0.6) is 0 Å². The van der Waals surface area contributed by atoms with Crippen molar-refractivity contribution in [1.29, 1.82) is 0 Å². The number of hydrogen-bond donors (Lipinski definition) is 2. The van der Waals surface area contributed by atoms with E-state index in [2.05, 4.69) is 49.4 Å². The second-order valence-corrected chi connectivity index (χ2v) is 13.5. The van der Waals surface area contributed by atoms with E-state index < -0.39 is 0 Å². The number of anilines is 5. The molecule has 2 aromatic carbocycles. The molecule has 0 aliphatic carbocycles. The lowest BCUT2D eigenvalue weighted by Crippen LogP contribution is -2.48. The zero-order valence-electron chi connectivity index (χ0n) is 26.2. The van der Waals surface area contributed by atoms with Crippen molar-refractivity contribution in [2.24, 2.45) is 0 Å². The summed E-state index contributed by atoms with van der Waals surface area (Å²) in [6.45, 7) is 6.87. The minimum Gasteiger partial charge on any atom is -0.377 e. The van der Waals surface area contributed by atoms with E-state index in [0.717, 1.165) is 74.7 Å². The fourth-order valence-electron chi connectivity index (χ4n) is 7.66. The third-order valence-electron chi connectivity index (χ3n) is 10.2. The number of nitrogens with zero attached hydrogens (tertiary/aromatic N) is 6. The Morgan fingerprint density at radius 1 is 0.717 bits per heavy atom. The van der Waals surface area contributed by atoms with Gasteiger partial charge in [-0.1, -0.05) is 11.6 Å². The molecule has 46 heavy (non-hydrogen) atoms. The van der Waals surface area contributed by atoms with Gasteiger partial charge in [0.15, 0.2) is 17.5 Å². The smallest absolute Gasteiger partial charge is 0.323 e. The molecule has 4 bridgehead atoms. The number of urea groups is 1. The Balaban J connectivity index is 1.00. The van der Waals surface area contributed by atoms with Crippen molar-refractivity contribution in [3.05, 3.63) is 53.6 Å². The van der Waals surface area contributed by atoms with Gasteiger partial charge in [0.1, 0.15) is 5.02 Å². The summed E-state index contributed by atoms with van der Waals surface area (Å²) < 4.78 is 11.7. The number of piperazine rings is 1. The average Bonchev–Trinajstić information content (AvgIpc) is 3.46. The van der Waals surface area contributed by atoms with Crippen molar-refractivity contribution in [2.75, 3.05) is 85.0 Å². The molecule has 5 aliphatic heterocycles. The number of fused-ring (bicyclic) bond motifs is 4. The van der Waals surface area contributed by atoms with Gasteiger partial charge in [-0.05, 0) is 81.3 Å². The Bertz CT molecular complexity index is 1480. The number of carbonyl (C=O) groups is 1. The maximum absolute atomic E-state index is 12.9. The summed E-state index contributed by atoms with van der Waals surface area (Å²) in [7, 11) is 2.15. The van der Waals surface area contributed by atoms with Crippen LogP contribution in [0.3, 0.4) is 0 Å². The summed E-state index contributed by atoms with van der Waals surface area (Å²) in [4.78, 5) is 32.5. The van der Waals surface area contributed by atoms with E-state index in [1.54, 1.807) is 0 Å². The number of likely N-dealkylation sites (N-methyl/N-ethyl adjacent to an activating group) is 1. The quantitative estimate of drug-likeness (QED) is 0.387. The highest BCUT2D eigenvalue weighted by atomic mass is 35.5. The van der Waals surface area contributed by atoms with Gasteiger partial charge in [0.05, 0.1) is 50.6 Å². The van der Waals surface area contributed by atoms with Crippen LogP contribution in [0.4, 0.5) is 33.5 Å². The second kappa shape index (κ2) is 12.5. The van der Waals surface area contributed by atoms with Gasteiger partial charge in [-0.2, -0.15) is 0 Å². The van der Waals surface area contributed by atoms with Gasteiger partial charge in [-0.15, -0.1) is 0 Å². The maximum Gasteiger partial charge on any atom is 0.323 e. The summed E-state index contributed by atoms with van der Waals surface area (Å²) >= 11 is 7.21. The van der Waals surface area contributed by atoms with E-state index in [9.17, 15) is 4.79 Å². The molecule has 2 N–H and O–H groups in total. The molecule has 3 aromatic rings. The van der Waals surface area contributed by atoms with E-state index in [1.807, 2.05) is 36.4 Å². The topological polar surface area (TPSA) is 98.3 Å². The van der Waals surface area contributed by atoms with Gasteiger partial charge in [-0.3, -0.25) is 0 Å². The maximum atomic E-state index is 12.9. The Labute approximate surface area is 274 Å². The van der Waals surface area contributed by atoms with Crippen LogP contribution in [0.25, 0.3) is 11.4 Å². The Morgan fingerprint density at radius 2 is 1.17 bits per heavy atom. The van der Waals surface area contributed by atoms with Crippen molar-refractivity contribution < 1.29 is 14.3 Å². The molecule has 0 radical (unpaired) electrons. The van der Waals surface area contributed by atoms with E-state index in [4.69, 9.17) is 31.0 Å². The van der Waals surface area contributed by atoms with Crippen LogP contribution >= 0.6 is 11.6 Å². The zero-order valence-corrected chi connectivity index (χ0v) is 27.0. The van der Waals surface area contributed by atoms with Gasteiger partial charge in [0.25, 0.3) is 0 Å². The fraction of sp³-hybridized carbons (Fsp3) is 0.500. The zero-order chi connectivity index (χ0) is 31.2. The highest BCUT2D eigenvalue weighted by molar-refractivity contribution is 6.35. The number of benzene rings is 2. The lowest BCUT2D eigenvalue weighted by molar-refractivity contribution is 0.0894. The van der Waals surface area contributed by atoms with Crippen LogP contribution in [-0.4, -0.2) is 105 Å². The molecular formula is C34H41ClN8O3. The predicted molar refractivity (Wildman–Crippen MR) is 181 cm³/mol. The summed E-state index contributed by atoms with van der Waals surface area (Å²) in [5.41, 5.74) is 3.47. The summed E-state index contributed by atoms with van der Waals surface area (Å²) in [6, 6.07) is 16.5. The summed E-state index contributed by atoms with van der Waals surface area (Å²) in [5.74, 6) is 2.22. The number of hydrogen-bond acceptors (Lipinski definition) is 9. The van der Waals surface area contributed by atoms with Gasteiger partial charge in [0.2, 0.25) is 0 Å². The van der Waals surface area contributed by atoms with Crippen molar-refractivity contribution in [3.63, 3.8) is 0 Å². The number of morpholine rings is 2. The lowest BCUT2D eigenvalue weighted by Gasteiger charge is -2.39. The number of nitrogens with one attached hydrogen (secondary N) is 2. The summed E-state index contributed by atoms with van der Waals surface area (Å²) in [5, 5.41) is 6.52. The molecule has 6 heterocycles. The highest BCUT2D eigenvalue weighted by Crippen LogP contribution is 2.44.